The first-order chi connectivity index (χ1) is 35.6. The third-order valence-electron chi connectivity index (χ3n) is 12.7. The minimum atomic E-state index is -4.74. The standard InChI is InChI=1S/C17H28N5O8P.C14H21N2O7P.C11H17N2O7P/c1-2-3-6-28-7-4-5-18-15-12-16(20-9-19-15)22(10-21-12)17-14(24)13(23)11(30-17)8-29-31(25,26)27;1-8-15-11(17)4-5-16(8)10-6-9(7-21-24(18,19)20)12-13(10)23-14(2,3)22-12;1-6-12-9(14)2-3-13(6)8-4-7(10(15)11(8)16)5-20-21(17,18)19/h9-11,13-14,17,23-24H,2-8H2,1H3,(H,18,19,20)(H2,25,26,27);4-5,9-10,12-13H,1,6-7H2,2-3H3,(H,15,17)(H2,18,19,20);2-3,7-8,10-11,15-16H,1,4-5H2,(H,12,14)(H2,17,18,19)/t11-,13-,14-,17-;9?,10-,12-,13?;7?,8-,10-,11?/m111/s1. The second-order valence-electron chi connectivity index (χ2n) is 18.7. The van der Waals surface area contributed by atoms with E-state index < -0.39 is 84.6 Å². The number of fused-ring (bicyclic) bond motifs is 2. The summed E-state index contributed by atoms with van der Waals surface area (Å²) < 4.78 is 70.4. The number of nitrogens with zero attached hydrogens (tertiary/aromatic N) is 6. The summed E-state index contributed by atoms with van der Waals surface area (Å²) in [6.45, 7) is 14.1. The van der Waals surface area contributed by atoms with Gasteiger partial charge >= 0.3 is 23.5 Å². The van der Waals surface area contributed by atoms with Gasteiger partial charge in [0.05, 0.1) is 50.4 Å². The van der Waals surface area contributed by atoms with Crippen LogP contribution < -0.4 is 16.0 Å². The molecule has 0 radical (unpaired) electrons. The average molecular weight is 1140 g/mol. The molecule has 8 rings (SSSR count). The zero-order valence-electron chi connectivity index (χ0n) is 41.5. The fourth-order valence-electron chi connectivity index (χ4n) is 9.18. The van der Waals surface area contributed by atoms with Crippen LogP contribution in [0.25, 0.3) is 11.2 Å². The number of phosphoric ester groups is 3. The molecule has 426 valence electrons. The zero-order chi connectivity index (χ0) is 55.9. The van der Waals surface area contributed by atoms with E-state index >= 15 is 0 Å². The smallest absolute Gasteiger partial charge is 0.390 e. The number of hydrogen-bond donors (Lipinski definition) is 13. The number of amides is 2. The van der Waals surface area contributed by atoms with E-state index in [1.54, 1.807) is 24.9 Å². The van der Waals surface area contributed by atoms with E-state index in [0.717, 1.165) is 25.9 Å². The zero-order valence-corrected chi connectivity index (χ0v) is 44.2. The van der Waals surface area contributed by atoms with Crippen molar-refractivity contribution < 1.29 is 106 Å². The Hall–Kier alpha value is -4.14. The molecule has 4 aliphatic heterocycles. The van der Waals surface area contributed by atoms with Crippen LogP contribution in [0.4, 0.5) is 5.82 Å². The highest BCUT2D eigenvalue weighted by Gasteiger charge is 2.56. The largest absolute Gasteiger partial charge is 0.469 e. The molecule has 2 amide bonds. The van der Waals surface area contributed by atoms with Gasteiger partial charge in [-0.05, 0) is 39.5 Å². The van der Waals surface area contributed by atoms with Crippen molar-refractivity contribution in [3.05, 3.63) is 62.0 Å². The van der Waals surface area contributed by atoms with Gasteiger partial charge in [0.15, 0.2) is 29.0 Å². The Morgan fingerprint density at radius 1 is 0.737 bits per heavy atom. The summed E-state index contributed by atoms with van der Waals surface area (Å²) in [4.78, 5) is 91.4. The average Bonchev–Trinajstić information content (AvgIpc) is 4.12. The fourth-order valence-corrected chi connectivity index (χ4v) is 10.3. The Kier molecular flexibility index (Phi) is 20.7. The molecule has 2 saturated carbocycles. The molecule has 2 aliphatic carbocycles. The van der Waals surface area contributed by atoms with E-state index in [-0.39, 0.29) is 61.4 Å². The number of aromatic nitrogens is 4. The summed E-state index contributed by atoms with van der Waals surface area (Å²) in [5.41, 5.74) is 0.819. The number of carbonyl (C=O) groups is 2. The number of nitrogens with one attached hydrogen (secondary N) is 3. The maximum absolute atomic E-state index is 11.4. The predicted octanol–water partition coefficient (Wildman–Crippen LogP) is -0.783. The Bertz CT molecular complexity index is 2580. The Morgan fingerprint density at radius 2 is 1.29 bits per heavy atom. The topological polar surface area (TPSA) is 438 Å². The molecule has 13 N–H and O–H groups in total. The monoisotopic (exact) mass is 1140 g/mol. The molecule has 31 nitrogen and oxygen atoms in total. The highest BCUT2D eigenvalue weighted by Crippen LogP contribution is 2.47. The number of rotatable bonds is 20. The normalized spacial score (nSPS) is 30.2. The van der Waals surface area contributed by atoms with Crippen molar-refractivity contribution in [3.63, 3.8) is 0 Å². The lowest BCUT2D eigenvalue weighted by Crippen LogP contribution is -2.45. The van der Waals surface area contributed by atoms with E-state index in [1.165, 1.54) is 40.5 Å². The summed E-state index contributed by atoms with van der Waals surface area (Å²) in [7, 11) is -13.9. The van der Waals surface area contributed by atoms with E-state index in [0.29, 0.717) is 42.4 Å². The van der Waals surface area contributed by atoms with Crippen LogP contribution in [0, 0.1) is 11.8 Å². The summed E-state index contributed by atoms with van der Waals surface area (Å²) in [5.74, 6) is -1.11. The predicted molar refractivity (Wildman–Crippen MR) is 260 cm³/mol. The first kappa shape index (κ1) is 61.1. The van der Waals surface area contributed by atoms with Crippen molar-refractivity contribution in [2.45, 2.75) is 120 Å². The number of anilines is 1. The van der Waals surface area contributed by atoms with Crippen molar-refractivity contribution in [1.82, 2.24) is 40.0 Å². The molecule has 2 aromatic rings. The van der Waals surface area contributed by atoms with Gasteiger partial charge in [-0.15, -0.1) is 0 Å². The van der Waals surface area contributed by atoms with Gasteiger partial charge in [-0.25, -0.2) is 28.6 Å². The Morgan fingerprint density at radius 3 is 1.88 bits per heavy atom. The van der Waals surface area contributed by atoms with Crippen LogP contribution in [0.3, 0.4) is 0 Å². The van der Waals surface area contributed by atoms with Crippen LogP contribution in [-0.2, 0) is 55.8 Å². The number of aliphatic hydroxyl groups is 4. The van der Waals surface area contributed by atoms with E-state index in [4.69, 9.17) is 48.3 Å². The maximum atomic E-state index is 11.4. The lowest BCUT2D eigenvalue weighted by molar-refractivity contribution is -0.162. The van der Waals surface area contributed by atoms with Crippen molar-refractivity contribution >= 4 is 52.3 Å². The highest BCUT2D eigenvalue weighted by atomic mass is 31.2. The number of imidazole rings is 1. The molecule has 76 heavy (non-hydrogen) atoms. The van der Waals surface area contributed by atoms with Crippen LogP contribution in [0.2, 0.25) is 0 Å². The summed E-state index contributed by atoms with van der Waals surface area (Å²) in [5, 5.41) is 48.8. The lowest BCUT2D eigenvalue weighted by Gasteiger charge is -2.34. The SMILES string of the molecule is C=C1NC(=O)C=CN1[C@@H]1CC(COP(=O)(O)O)[C@@H](O)C1O.C=C1NC(=O)C=CN1[C@@H]1CC(COP(=O)(O)O)[C@H]2OC(C)(C)OC21.CCCCOCCCNc1ncnc2c1ncn2[C@@H]1O[C@H](COP(=O)(O)O)[C@@H](O)[C@H]1O. The third-order valence-corrected chi connectivity index (χ3v) is 14.1. The molecule has 0 bridgehead atoms. The maximum Gasteiger partial charge on any atom is 0.469 e. The number of hydrogen-bond acceptors (Lipinski definition) is 22. The molecule has 6 aliphatic rings. The van der Waals surface area contributed by atoms with Crippen LogP contribution in [0.1, 0.15) is 59.1 Å². The highest BCUT2D eigenvalue weighted by molar-refractivity contribution is 7.46. The first-order valence-electron chi connectivity index (χ1n) is 23.8. The van der Waals surface area contributed by atoms with Gasteiger partial charge in [0.2, 0.25) is 0 Å². The quantitative estimate of drug-likeness (QED) is 0.0571. The Balaban J connectivity index is 0.000000189. The molecular formula is C42H66N9O22P3. The summed E-state index contributed by atoms with van der Waals surface area (Å²) in [6.07, 6.45) is 4.05. The summed E-state index contributed by atoms with van der Waals surface area (Å²) in [6, 6.07) is -0.763. The molecule has 0 spiro atoms. The fraction of sp³-hybridized carbons (Fsp3) is 0.643. The molecule has 2 aromatic heterocycles. The van der Waals surface area contributed by atoms with Crippen LogP contribution >= 0.6 is 23.5 Å². The molecule has 4 fully saturated rings. The minimum Gasteiger partial charge on any atom is -0.390 e. The van der Waals surface area contributed by atoms with Crippen LogP contribution in [0.15, 0.2) is 62.0 Å². The molecule has 0 aromatic carbocycles. The van der Waals surface area contributed by atoms with Gasteiger partial charge in [0, 0.05) is 56.1 Å². The van der Waals surface area contributed by atoms with Crippen molar-refractivity contribution in [2.24, 2.45) is 11.8 Å². The number of ether oxygens (including phenoxy) is 4. The molecule has 12 atom stereocenters. The molecular weight excluding hydrogens is 1080 g/mol. The number of carbonyl (C=O) groups excluding carboxylic acids is 2. The van der Waals surface area contributed by atoms with E-state index in [1.807, 2.05) is 0 Å². The molecule has 4 unspecified atom stereocenters. The van der Waals surface area contributed by atoms with Gasteiger partial charge in [-0.2, -0.15) is 0 Å². The van der Waals surface area contributed by atoms with Crippen molar-refractivity contribution in [3.8, 4) is 0 Å². The minimum absolute atomic E-state index is 0.141. The second-order valence-corrected chi connectivity index (χ2v) is 22.4. The van der Waals surface area contributed by atoms with Gasteiger partial charge < -0.3 is 94.5 Å². The van der Waals surface area contributed by atoms with Crippen molar-refractivity contribution in [1.29, 1.82) is 0 Å². The number of unbranched alkanes of at least 4 members (excludes halogenated alkanes) is 1. The first-order valence-corrected chi connectivity index (χ1v) is 28.4. The van der Waals surface area contributed by atoms with Gasteiger partial charge in [-0.3, -0.25) is 27.7 Å². The Labute approximate surface area is 435 Å². The van der Waals surface area contributed by atoms with Crippen LogP contribution in [0.5, 0.6) is 0 Å². The second kappa shape index (κ2) is 25.8. The van der Waals surface area contributed by atoms with E-state index in [9.17, 15) is 43.7 Å². The van der Waals surface area contributed by atoms with E-state index in [2.05, 4.69) is 64.6 Å². The lowest BCUT2D eigenvalue weighted by atomic mass is 10.1. The van der Waals surface area contributed by atoms with Gasteiger partial charge in [0.25, 0.3) is 11.8 Å². The van der Waals surface area contributed by atoms with Gasteiger partial charge in [-0.1, -0.05) is 26.5 Å². The molecule has 34 heteroatoms. The molecule has 2 saturated heterocycles. The summed E-state index contributed by atoms with van der Waals surface area (Å²) >= 11 is 0. The number of phosphoric acid groups is 3. The number of aliphatic hydroxyl groups excluding tert-OH is 4. The van der Waals surface area contributed by atoms with Gasteiger partial charge in [0.1, 0.15) is 48.5 Å². The third kappa shape index (κ3) is 16.5. The molecule has 6 heterocycles. The van der Waals surface area contributed by atoms with Crippen LogP contribution in [-0.4, -0.2) is 191 Å². The van der Waals surface area contributed by atoms with Crippen molar-refractivity contribution in [2.75, 3.05) is 44.9 Å².